The molecule has 5 heteroatoms. The van der Waals surface area contributed by atoms with Crippen LogP contribution in [0, 0.1) is 6.92 Å². The first-order chi connectivity index (χ1) is 9.40. The maximum atomic E-state index is 11.6. The van der Waals surface area contributed by atoms with E-state index < -0.39 is 12.1 Å². The molecule has 0 aliphatic carbocycles. The number of benzene rings is 1. The molecule has 5 nitrogen and oxygen atoms in total. The van der Waals surface area contributed by atoms with E-state index in [0.717, 1.165) is 5.56 Å². The normalized spacial score (nSPS) is 11.8. The number of hydrogen-bond acceptors (Lipinski definition) is 4. The molecule has 1 unspecified atom stereocenters. The lowest BCUT2D eigenvalue weighted by atomic mass is 10.2. The third-order valence-electron chi connectivity index (χ3n) is 2.55. The molecule has 0 saturated heterocycles. The van der Waals surface area contributed by atoms with Crippen molar-refractivity contribution in [1.82, 2.24) is 5.32 Å². The first-order valence-electron chi connectivity index (χ1n) is 6.58. The molecule has 1 rings (SSSR count). The molecule has 0 aliphatic rings. The van der Waals surface area contributed by atoms with Crippen molar-refractivity contribution in [3.8, 4) is 5.75 Å². The summed E-state index contributed by atoms with van der Waals surface area (Å²) in [6, 6.07) is 7.38. The van der Waals surface area contributed by atoms with Gasteiger partial charge in [-0.05, 0) is 39.3 Å². The molecule has 20 heavy (non-hydrogen) atoms. The number of amides is 1. The van der Waals surface area contributed by atoms with Crippen LogP contribution in [-0.2, 0) is 14.3 Å². The van der Waals surface area contributed by atoms with Crippen LogP contribution in [0.2, 0.25) is 0 Å². The van der Waals surface area contributed by atoms with Crippen molar-refractivity contribution in [2.45, 2.75) is 39.8 Å². The standard InChI is InChI=1S/C15H21NO4/c1-10(2)16-15(18)12(4)20-14(17)9-19-13-8-6-5-7-11(13)3/h5-8,10,12H,9H2,1-4H3,(H,16,18). The van der Waals surface area contributed by atoms with Gasteiger partial charge in [-0.2, -0.15) is 0 Å². The summed E-state index contributed by atoms with van der Waals surface area (Å²) in [6.45, 7) is 6.88. The maximum absolute atomic E-state index is 11.6. The summed E-state index contributed by atoms with van der Waals surface area (Å²) in [5.74, 6) is -0.257. The Kier molecular flexibility index (Phi) is 6.03. The molecule has 0 radical (unpaired) electrons. The first kappa shape index (κ1) is 16.0. The van der Waals surface area contributed by atoms with Gasteiger partial charge in [-0.3, -0.25) is 4.79 Å². The summed E-state index contributed by atoms with van der Waals surface area (Å²) in [7, 11) is 0. The van der Waals surface area contributed by atoms with E-state index in [4.69, 9.17) is 9.47 Å². The zero-order chi connectivity index (χ0) is 15.1. The Morgan fingerprint density at radius 2 is 1.85 bits per heavy atom. The van der Waals surface area contributed by atoms with Gasteiger partial charge < -0.3 is 14.8 Å². The highest BCUT2D eigenvalue weighted by Crippen LogP contribution is 2.15. The van der Waals surface area contributed by atoms with E-state index in [1.807, 2.05) is 39.0 Å². The number of para-hydroxylation sites is 1. The van der Waals surface area contributed by atoms with E-state index in [1.165, 1.54) is 6.92 Å². The van der Waals surface area contributed by atoms with Gasteiger partial charge >= 0.3 is 5.97 Å². The molecule has 0 spiro atoms. The maximum Gasteiger partial charge on any atom is 0.344 e. The quantitative estimate of drug-likeness (QED) is 0.807. The van der Waals surface area contributed by atoms with Gasteiger partial charge in [0.05, 0.1) is 0 Å². The summed E-state index contributed by atoms with van der Waals surface area (Å²) in [5, 5.41) is 2.67. The van der Waals surface area contributed by atoms with Gasteiger partial charge in [-0.1, -0.05) is 18.2 Å². The van der Waals surface area contributed by atoms with E-state index in [9.17, 15) is 9.59 Å². The summed E-state index contributed by atoms with van der Waals surface area (Å²) in [5.41, 5.74) is 0.936. The number of aryl methyl sites for hydroxylation is 1. The average Bonchev–Trinajstić information content (AvgIpc) is 2.37. The number of ether oxygens (including phenoxy) is 2. The second-order valence-electron chi connectivity index (χ2n) is 4.85. The van der Waals surface area contributed by atoms with Crippen LogP contribution in [0.3, 0.4) is 0 Å². The number of nitrogens with one attached hydrogen (secondary N) is 1. The minimum absolute atomic E-state index is 0.00636. The Morgan fingerprint density at radius 1 is 1.20 bits per heavy atom. The van der Waals surface area contributed by atoms with Crippen LogP contribution >= 0.6 is 0 Å². The predicted octanol–water partition coefficient (Wildman–Crippen LogP) is 1.83. The van der Waals surface area contributed by atoms with Gasteiger partial charge in [-0.25, -0.2) is 4.79 Å². The highest BCUT2D eigenvalue weighted by Gasteiger charge is 2.18. The summed E-state index contributed by atoms with van der Waals surface area (Å²) in [4.78, 5) is 23.2. The highest BCUT2D eigenvalue weighted by molar-refractivity contribution is 5.83. The lowest BCUT2D eigenvalue weighted by molar-refractivity contribution is -0.156. The fourth-order valence-electron chi connectivity index (χ4n) is 1.54. The average molecular weight is 279 g/mol. The lowest BCUT2D eigenvalue weighted by Crippen LogP contribution is -2.40. The van der Waals surface area contributed by atoms with E-state index in [1.54, 1.807) is 6.07 Å². The predicted molar refractivity (Wildman–Crippen MR) is 75.5 cm³/mol. The van der Waals surface area contributed by atoms with Crippen molar-refractivity contribution in [1.29, 1.82) is 0 Å². The van der Waals surface area contributed by atoms with Crippen LogP contribution in [0.25, 0.3) is 0 Å². The van der Waals surface area contributed by atoms with Crippen molar-refractivity contribution in [2.75, 3.05) is 6.61 Å². The summed E-state index contributed by atoms with van der Waals surface area (Å²) >= 11 is 0. The second-order valence-corrected chi connectivity index (χ2v) is 4.85. The Labute approximate surface area is 119 Å². The van der Waals surface area contributed by atoms with Gasteiger partial charge in [0, 0.05) is 6.04 Å². The van der Waals surface area contributed by atoms with Crippen LogP contribution < -0.4 is 10.1 Å². The summed E-state index contributed by atoms with van der Waals surface area (Å²) in [6.07, 6.45) is -0.828. The monoisotopic (exact) mass is 279 g/mol. The van der Waals surface area contributed by atoms with E-state index in [0.29, 0.717) is 5.75 Å². The number of carbonyl (C=O) groups excluding carboxylic acids is 2. The summed E-state index contributed by atoms with van der Waals surface area (Å²) < 4.78 is 10.4. The molecule has 0 saturated carbocycles. The van der Waals surface area contributed by atoms with Crippen molar-refractivity contribution in [2.24, 2.45) is 0 Å². The molecule has 1 aromatic carbocycles. The van der Waals surface area contributed by atoms with Crippen molar-refractivity contribution in [3.05, 3.63) is 29.8 Å². The number of carbonyl (C=O) groups is 2. The number of rotatable bonds is 6. The molecule has 0 aliphatic heterocycles. The molecule has 110 valence electrons. The van der Waals surface area contributed by atoms with Crippen LogP contribution in [0.1, 0.15) is 26.3 Å². The molecule has 1 N–H and O–H groups in total. The van der Waals surface area contributed by atoms with E-state index >= 15 is 0 Å². The topological polar surface area (TPSA) is 64.6 Å². The van der Waals surface area contributed by atoms with Crippen LogP contribution in [0.4, 0.5) is 0 Å². The van der Waals surface area contributed by atoms with Gasteiger partial charge in [-0.15, -0.1) is 0 Å². The molecule has 1 amide bonds. The largest absolute Gasteiger partial charge is 0.482 e. The second kappa shape index (κ2) is 7.53. The van der Waals surface area contributed by atoms with E-state index in [-0.39, 0.29) is 18.6 Å². The van der Waals surface area contributed by atoms with Crippen LogP contribution in [0.15, 0.2) is 24.3 Å². The fourth-order valence-corrected chi connectivity index (χ4v) is 1.54. The Bertz CT molecular complexity index is 471. The van der Waals surface area contributed by atoms with Crippen molar-refractivity contribution < 1.29 is 19.1 Å². The lowest BCUT2D eigenvalue weighted by Gasteiger charge is -2.15. The zero-order valence-corrected chi connectivity index (χ0v) is 12.3. The van der Waals surface area contributed by atoms with Crippen molar-refractivity contribution >= 4 is 11.9 Å². The Morgan fingerprint density at radius 3 is 2.45 bits per heavy atom. The van der Waals surface area contributed by atoms with Crippen molar-refractivity contribution in [3.63, 3.8) is 0 Å². The SMILES string of the molecule is Cc1ccccc1OCC(=O)OC(C)C(=O)NC(C)C. The molecule has 0 bridgehead atoms. The van der Waals surface area contributed by atoms with Crippen LogP contribution in [0.5, 0.6) is 5.75 Å². The molecule has 1 aromatic rings. The minimum atomic E-state index is -0.828. The van der Waals surface area contributed by atoms with E-state index in [2.05, 4.69) is 5.32 Å². The van der Waals surface area contributed by atoms with Gasteiger partial charge in [0.25, 0.3) is 5.91 Å². The first-order valence-corrected chi connectivity index (χ1v) is 6.58. The third kappa shape index (κ3) is 5.30. The number of hydrogen-bond donors (Lipinski definition) is 1. The molecule has 0 fully saturated rings. The smallest absolute Gasteiger partial charge is 0.344 e. The highest BCUT2D eigenvalue weighted by atomic mass is 16.6. The zero-order valence-electron chi connectivity index (χ0n) is 12.3. The van der Waals surface area contributed by atoms with Gasteiger partial charge in [0.2, 0.25) is 0 Å². The number of esters is 1. The molecule has 0 aromatic heterocycles. The molecular weight excluding hydrogens is 258 g/mol. The Hall–Kier alpha value is -2.04. The molecule has 1 atom stereocenters. The Balaban J connectivity index is 2.40. The third-order valence-corrected chi connectivity index (χ3v) is 2.55. The van der Waals surface area contributed by atoms with Gasteiger partial charge in [0.1, 0.15) is 5.75 Å². The fraction of sp³-hybridized carbons (Fsp3) is 0.467. The van der Waals surface area contributed by atoms with Crippen LogP contribution in [-0.4, -0.2) is 30.6 Å². The minimum Gasteiger partial charge on any atom is -0.482 e. The molecular formula is C15H21NO4. The molecule has 0 heterocycles. The van der Waals surface area contributed by atoms with Gasteiger partial charge in [0.15, 0.2) is 12.7 Å².